The molecule has 0 fully saturated rings. The van der Waals surface area contributed by atoms with Gasteiger partial charge in [0.05, 0.1) is 24.7 Å². The highest BCUT2D eigenvalue weighted by Gasteiger charge is 2.11. The van der Waals surface area contributed by atoms with Crippen molar-refractivity contribution in [1.82, 2.24) is 20.3 Å². The van der Waals surface area contributed by atoms with E-state index in [1.807, 2.05) is 6.07 Å². The minimum Gasteiger partial charge on any atom is -0.467 e. The number of carbonyl (C=O) groups excluding carboxylic acids is 1. The van der Waals surface area contributed by atoms with Crippen molar-refractivity contribution in [1.29, 1.82) is 0 Å². The van der Waals surface area contributed by atoms with Crippen LogP contribution < -0.4 is 5.32 Å². The average Bonchev–Trinajstić information content (AvgIpc) is 3.16. The van der Waals surface area contributed by atoms with E-state index in [0.29, 0.717) is 17.3 Å². The molecular weight excluding hydrogens is 292 g/mol. The Morgan fingerprint density at radius 3 is 3.00 bits per heavy atom. The van der Waals surface area contributed by atoms with Gasteiger partial charge in [-0.2, -0.15) is 0 Å². The van der Waals surface area contributed by atoms with Crippen LogP contribution in [0.1, 0.15) is 16.2 Å². The first-order valence-electron chi connectivity index (χ1n) is 6.21. The summed E-state index contributed by atoms with van der Waals surface area (Å²) in [4.78, 5) is 12.0. The molecule has 6 nitrogen and oxygen atoms in total. The summed E-state index contributed by atoms with van der Waals surface area (Å²) in [5, 5.41) is 11.1. The molecule has 1 amide bonds. The number of nitrogens with one attached hydrogen (secondary N) is 1. The maximum atomic E-state index is 12.0. The van der Waals surface area contributed by atoms with Gasteiger partial charge in [-0.3, -0.25) is 4.79 Å². The Bertz CT molecular complexity index is 752. The van der Waals surface area contributed by atoms with Gasteiger partial charge in [0.1, 0.15) is 5.76 Å². The molecule has 0 saturated heterocycles. The number of carbonyl (C=O) groups is 1. The summed E-state index contributed by atoms with van der Waals surface area (Å²) in [6, 6.07) is 10.7. The Morgan fingerprint density at radius 1 is 1.33 bits per heavy atom. The smallest absolute Gasteiger partial charge is 0.273 e. The maximum Gasteiger partial charge on any atom is 0.273 e. The summed E-state index contributed by atoms with van der Waals surface area (Å²) in [6.07, 6.45) is 3.10. The summed E-state index contributed by atoms with van der Waals surface area (Å²) in [5.74, 6) is 0.352. The number of hydrogen-bond acceptors (Lipinski definition) is 4. The Kier molecular flexibility index (Phi) is 3.70. The third-order valence-electron chi connectivity index (χ3n) is 2.80. The van der Waals surface area contributed by atoms with Crippen LogP contribution in [0.4, 0.5) is 0 Å². The quantitative estimate of drug-likeness (QED) is 0.803. The van der Waals surface area contributed by atoms with Gasteiger partial charge in [0.2, 0.25) is 0 Å². The van der Waals surface area contributed by atoms with Crippen LogP contribution in [-0.4, -0.2) is 20.9 Å². The van der Waals surface area contributed by atoms with Gasteiger partial charge in [0.25, 0.3) is 5.91 Å². The molecular formula is C14H11ClN4O2. The fourth-order valence-corrected chi connectivity index (χ4v) is 1.97. The van der Waals surface area contributed by atoms with Gasteiger partial charge in [-0.25, -0.2) is 4.68 Å². The lowest BCUT2D eigenvalue weighted by Gasteiger charge is -2.00. The van der Waals surface area contributed by atoms with E-state index >= 15 is 0 Å². The highest BCUT2D eigenvalue weighted by atomic mass is 35.5. The zero-order valence-corrected chi connectivity index (χ0v) is 11.6. The zero-order chi connectivity index (χ0) is 14.7. The Hall–Kier alpha value is -2.60. The Morgan fingerprint density at radius 2 is 2.24 bits per heavy atom. The molecule has 0 aliphatic rings. The van der Waals surface area contributed by atoms with Crippen molar-refractivity contribution >= 4 is 17.5 Å². The molecule has 7 heteroatoms. The lowest BCUT2D eigenvalue weighted by atomic mass is 10.3. The molecule has 0 spiro atoms. The molecule has 106 valence electrons. The third-order valence-corrected chi connectivity index (χ3v) is 3.04. The normalized spacial score (nSPS) is 10.5. The van der Waals surface area contributed by atoms with E-state index in [9.17, 15) is 4.79 Å². The second kappa shape index (κ2) is 5.80. The van der Waals surface area contributed by atoms with Crippen LogP contribution in [0.5, 0.6) is 0 Å². The summed E-state index contributed by atoms with van der Waals surface area (Å²) in [6.45, 7) is 0.301. The van der Waals surface area contributed by atoms with Crippen molar-refractivity contribution in [2.24, 2.45) is 0 Å². The number of furan rings is 1. The molecule has 3 rings (SSSR count). The first-order chi connectivity index (χ1) is 10.2. The number of benzene rings is 1. The summed E-state index contributed by atoms with van der Waals surface area (Å²) >= 11 is 5.92. The standard InChI is InChI=1S/C14H11ClN4O2/c15-10-3-1-4-11(7-10)19-9-13(17-18-19)14(20)16-8-12-5-2-6-21-12/h1-7,9H,8H2,(H,16,20). The van der Waals surface area contributed by atoms with E-state index in [1.165, 1.54) is 4.68 Å². The predicted octanol–water partition coefficient (Wildman–Crippen LogP) is 2.44. The summed E-state index contributed by atoms with van der Waals surface area (Å²) in [7, 11) is 0. The molecule has 2 heterocycles. The van der Waals surface area contributed by atoms with Crippen molar-refractivity contribution in [3.63, 3.8) is 0 Å². The molecule has 0 radical (unpaired) electrons. The van der Waals surface area contributed by atoms with Crippen LogP contribution in [-0.2, 0) is 6.54 Å². The van der Waals surface area contributed by atoms with E-state index in [1.54, 1.807) is 42.8 Å². The molecule has 0 atom stereocenters. The van der Waals surface area contributed by atoms with Crippen LogP contribution in [0, 0.1) is 0 Å². The molecule has 0 aliphatic heterocycles. The van der Waals surface area contributed by atoms with Crippen LogP contribution in [0.2, 0.25) is 5.02 Å². The molecule has 0 bridgehead atoms. The van der Waals surface area contributed by atoms with Gasteiger partial charge in [0, 0.05) is 5.02 Å². The van der Waals surface area contributed by atoms with E-state index in [4.69, 9.17) is 16.0 Å². The fourth-order valence-electron chi connectivity index (χ4n) is 1.78. The average molecular weight is 303 g/mol. The molecule has 21 heavy (non-hydrogen) atoms. The number of nitrogens with zero attached hydrogens (tertiary/aromatic N) is 3. The first kappa shape index (κ1) is 13.4. The number of halogens is 1. The molecule has 0 unspecified atom stereocenters. The van der Waals surface area contributed by atoms with Crippen molar-refractivity contribution in [3.8, 4) is 5.69 Å². The number of hydrogen-bond donors (Lipinski definition) is 1. The number of rotatable bonds is 4. The van der Waals surface area contributed by atoms with E-state index in [0.717, 1.165) is 5.69 Å². The van der Waals surface area contributed by atoms with E-state index in [-0.39, 0.29) is 11.6 Å². The topological polar surface area (TPSA) is 73.0 Å². The number of aromatic nitrogens is 3. The van der Waals surface area contributed by atoms with Crippen molar-refractivity contribution in [3.05, 3.63) is 65.3 Å². The maximum absolute atomic E-state index is 12.0. The lowest BCUT2D eigenvalue weighted by Crippen LogP contribution is -2.22. The van der Waals surface area contributed by atoms with Gasteiger partial charge in [-0.15, -0.1) is 5.10 Å². The van der Waals surface area contributed by atoms with E-state index < -0.39 is 0 Å². The predicted molar refractivity (Wildman–Crippen MR) is 76.2 cm³/mol. The summed E-state index contributed by atoms with van der Waals surface area (Å²) in [5.41, 5.74) is 0.960. The minimum atomic E-state index is -0.320. The van der Waals surface area contributed by atoms with Crippen LogP contribution in [0.25, 0.3) is 5.69 Å². The lowest BCUT2D eigenvalue weighted by molar-refractivity contribution is 0.0943. The van der Waals surface area contributed by atoms with Crippen LogP contribution in [0.3, 0.4) is 0 Å². The van der Waals surface area contributed by atoms with E-state index in [2.05, 4.69) is 15.6 Å². The SMILES string of the molecule is O=C(NCc1ccco1)c1cn(-c2cccc(Cl)c2)nn1. The molecule has 1 N–H and O–H groups in total. The molecule has 0 aliphatic carbocycles. The largest absolute Gasteiger partial charge is 0.467 e. The Balaban J connectivity index is 1.71. The Labute approximate surface area is 125 Å². The summed E-state index contributed by atoms with van der Waals surface area (Å²) < 4.78 is 6.63. The molecule has 1 aromatic carbocycles. The highest BCUT2D eigenvalue weighted by molar-refractivity contribution is 6.30. The van der Waals surface area contributed by atoms with Crippen molar-refractivity contribution in [2.45, 2.75) is 6.54 Å². The zero-order valence-electron chi connectivity index (χ0n) is 10.9. The van der Waals surface area contributed by atoms with Crippen molar-refractivity contribution < 1.29 is 9.21 Å². The van der Waals surface area contributed by atoms with Gasteiger partial charge in [-0.05, 0) is 30.3 Å². The fraction of sp³-hybridized carbons (Fsp3) is 0.0714. The molecule has 2 aromatic heterocycles. The molecule has 3 aromatic rings. The van der Waals surface area contributed by atoms with Crippen molar-refractivity contribution in [2.75, 3.05) is 0 Å². The monoisotopic (exact) mass is 302 g/mol. The second-order valence-corrected chi connectivity index (χ2v) is 4.73. The van der Waals surface area contributed by atoms with Gasteiger partial charge in [0.15, 0.2) is 5.69 Å². The first-order valence-corrected chi connectivity index (χ1v) is 6.59. The minimum absolute atomic E-state index is 0.224. The van der Waals surface area contributed by atoms with Crippen LogP contribution >= 0.6 is 11.6 Å². The highest BCUT2D eigenvalue weighted by Crippen LogP contribution is 2.14. The van der Waals surface area contributed by atoms with Gasteiger partial charge >= 0.3 is 0 Å². The number of amides is 1. The van der Waals surface area contributed by atoms with Gasteiger partial charge < -0.3 is 9.73 Å². The van der Waals surface area contributed by atoms with Gasteiger partial charge in [-0.1, -0.05) is 22.9 Å². The second-order valence-electron chi connectivity index (χ2n) is 4.29. The third kappa shape index (κ3) is 3.11. The van der Waals surface area contributed by atoms with Crippen LogP contribution in [0.15, 0.2) is 53.3 Å². The molecule has 0 saturated carbocycles.